The Kier molecular flexibility index (Phi) is 5.96. The van der Waals surface area contributed by atoms with Gasteiger partial charge in [-0.15, -0.1) is 0 Å². The number of benzene rings is 1. The van der Waals surface area contributed by atoms with Crippen LogP contribution in [0.3, 0.4) is 0 Å². The van der Waals surface area contributed by atoms with Gasteiger partial charge in [-0.3, -0.25) is 9.48 Å². The number of amides is 1. The molecular weight excluding hydrogens is 338 g/mol. The average Bonchev–Trinajstić information content (AvgIpc) is 3.13. The molecule has 0 aliphatic rings. The van der Waals surface area contributed by atoms with Gasteiger partial charge in [-0.1, -0.05) is 18.2 Å². The zero-order valence-corrected chi connectivity index (χ0v) is 16.5. The van der Waals surface area contributed by atoms with Gasteiger partial charge in [0.25, 0.3) is 0 Å². The number of hydrogen-bond acceptors (Lipinski definition) is 3. The zero-order valence-electron chi connectivity index (χ0n) is 16.5. The molecule has 3 rings (SSSR count). The van der Waals surface area contributed by atoms with E-state index in [-0.39, 0.29) is 5.91 Å². The van der Waals surface area contributed by atoms with Crippen LogP contribution in [0.5, 0.6) is 0 Å². The molecule has 3 aromatic rings. The lowest BCUT2D eigenvalue weighted by atomic mass is 10.1. The van der Waals surface area contributed by atoms with Crippen LogP contribution in [0.15, 0.2) is 36.5 Å². The first kappa shape index (κ1) is 19.2. The highest BCUT2D eigenvalue weighted by atomic mass is 16.1. The van der Waals surface area contributed by atoms with Gasteiger partial charge in [-0.25, -0.2) is 0 Å². The number of nitrogens with two attached hydrogens (primary N) is 1. The molecule has 2 heterocycles. The second-order valence-electron chi connectivity index (χ2n) is 7.32. The van der Waals surface area contributed by atoms with Crippen molar-refractivity contribution in [3.63, 3.8) is 0 Å². The summed E-state index contributed by atoms with van der Waals surface area (Å²) in [6.07, 6.45) is 3.57. The Morgan fingerprint density at radius 3 is 2.70 bits per heavy atom. The number of nitrogens with zero attached hydrogens (tertiary/aromatic N) is 4. The lowest BCUT2D eigenvalue weighted by Crippen LogP contribution is -2.20. The molecule has 27 heavy (non-hydrogen) atoms. The van der Waals surface area contributed by atoms with Crippen LogP contribution in [0.2, 0.25) is 0 Å². The molecule has 1 amide bonds. The third-order valence-corrected chi connectivity index (χ3v) is 4.92. The number of carbonyl (C=O) groups is 1. The van der Waals surface area contributed by atoms with Crippen LogP contribution in [0.4, 0.5) is 0 Å². The van der Waals surface area contributed by atoms with Crippen molar-refractivity contribution in [2.24, 2.45) is 5.73 Å². The summed E-state index contributed by atoms with van der Waals surface area (Å²) in [7, 11) is 2.15. The van der Waals surface area contributed by atoms with Gasteiger partial charge in [0.2, 0.25) is 5.91 Å². The number of hydrogen-bond donors (Lipinski definition) is 1. The second kappa shape index (κ2) is 8.39. The Balaban J connectivity index is 1.63. The molecule has 0 spiro atoms. The smallest absolute Gasteiger partial charge is 0.219 e. The van der Waals surface area contributed by atoms with Gasteiger partial charge in [0.1, 0.15) is 0 Å². The zero-order chi connectivity index (χ0) is 19.4. The molecule has 0 aliphatic carbocycles. The molecule has 0 unspecified atom stereocenters. The summed E-state index contributed by atoms with van der Waals surface area (Å²) in [4.78, 5) is 13.5. The van der Waals surface area contributed by atoms with Gasteiger partial charge >= 0.3 is 0 Å². The van der Waals surface area contributed by atoms with Crippen molar-refractivity contribution in [2.45, 2.75) is 46.3 Å². The minimum absolute atomic E-state index is 0.268. The van der Waals surface area contributed by atoms with Gasteiger partial charge in [0.15, 0.2) is 0 Å². The molecule has 2 N–H and O–H groups in total. The maximum Gasteiger partial charge on any atom is 0.219 e. The number of aryl methyl sites for hydroxylation is 4. The molecule has 0 saturated heterocycles. The molecule has 0 aliphatic heterocycles. The fraction of sp³-hybridized carbons (Fsp3) is 0.429. The lowest BCUT2D eigenvalue weighted by molar-refractivity contribution is -0.118. The number of carbonyl (C=O) groups excluding carboxylic acids is 1. The average molecular weight is 367 g/mol. The first-order chi connectivity index (χ1) is 12.9. The van der Waals surface area contributed by atoms with E-state index in [0.29, 0.717) is 13.0 Å². The Hall–Kier alpha value is -2.60. The number of para-hydroxylation sites is 1. The lowest BCUT2D eigenvalue weighted by Gasteiger charge is -2.16. The maximum absolute atomic E-state index is 11.1. The Labute approximate surface area is 160 Å². The van der Waals surface area contributed by atoms with Crippen LogP contribution in [0.25, 0.3) is 10.9 Å². The molecular formula is C21H29N5O. The number of primary amides is 1. The highest BCUT2D eigenvalue weighted by Crippen LogP contribution is 2.23. The number of rotatable bonds is 9. The normalized spacial score (nSPS) is 11.6. The van der Waals surface area contributed by atoms with Crippen molar-refractivity contribution in [2.75, 3.05) is 13.6 Å². The predicted molar refractivity (Wildman–Crippen MR) is 108 cm³/mol. The van der Waals surface area contributed by atoms with Gasteiger partial charge < -0.3 is 15.2 Å². The molecule has 1 aromatic carbocycles. The summed E-state index contributed by atoms with van der Waals surface area (Å²) >= 11 is 0. The summed E-state index contributed by atoms with van der Waals surface area (Å²) < 4.78 is 4.22. The summed E-state index contributed by atoms with van der Waals surface area (Å²) in [6, 6.07) is 10.5. The molecule has 0 bridgehead atoms. The highest BCUT2D eigenvalue weighted by molar-refractivity contribution is 5.84. The second-order valence-corrected chi connectivity index (χ2v) is 7.32. The van der Waals surface area contributed by atoms with Crippen molar-refractivity contribution < 1.29 is 4.79 Å². The van der Waals surface area contributed by atoms with Crippen LogP contribution in [-0.2, 0) is 24.4 Å². The highest BCUT2D eigenvalue weighted by Gasteiger charge is 2.11. The van der Waals surface area contributed by atoms with Crippen LogP contribution >= 0.6 is 0 Å². The molecule has 2 aromatic heterocycles. The number of aromatic nitrogens is 3. The van der Waals surface area contributed by atoms with E-state index in [2.05, 4.69) is 63.7 Å². The minimum Gasteiger partial charge on any atom is -0.370 e. The van der Waals surface area contributed by atoms with Crippen molar-refractivity contribution in [1.29, 1.82) is 0 Å². The van der Waals surface area contributed by atoms with Crippen molar-refractivity contribution in [1.82, 2.24) is 19.2 Å². The Bertz CT molecular complexity index is 924. The predicted octanol–water partition coefficient (Wildman–Crippen LogP) is 2.85. The maximum atomic E-state index is 11.1. The summed E-state index contributed by atoms with van der Waals surface area (Å²) in [5.74, 6) is -0.268. The van der Waals surface area contributed by atoms with Crippen LogP contribution in [0.1, 0.15) is 29.8 Å². The fourth-order valence-electron chi connectivity index (χ4n) is 3.63. The summed E-state index contributed by atoms with van der Waals surface area (Å²) in [5, 5.41) is 5.77. The molecule has 0 radical (unpaired) electrons. The van der Waals surface area contributed by atoms with E-state index in [0.717, 1.165) is 37.3 Å². The first-order valence-electron chi connectivity index (χ1n) is 9.48. The van der Waals surface area contributed by atoms with Gasteiger partial charge in [0.05, 0.1) is 5.69 Å². The van der Waals surface area contributed by atoms with E-state index >= 15 is 0 Å². The van der Waals surface area contributed by atoms with Gasteiger partial charge in [-0.2, -0.15) is 5.10 Å². The third kappa shape index (κ3) is 4.77. The molecule has 0 fully saturated rings. The van der Waals surface area contributed by atoms with E-state index in [1.54, 1.807) is 0 Å². The van der Waals surface area contributed by atoms with Crippen molar-refractivity contribution in [3.05, 3.63) is 53.5 Å². The van der Waals surface area contributed by atoms with E-state index in [9.17, 15) is 4.79 Å². The molecule has 6 nitrogen and oxygen atoms in total. The van der Waals surface area contributed by atoms with Gasteiger partial charge in [0, 0.05) is 48.8 Å². The molecule has 144 valence electrons. The molecule has 0 atom stereocenters. The molecule has 6 heteroatoms. The van der Waals surface area contributed by atoms with E-state index < -0.39 is 0 Å². The quantitative estimate of drug-likeness (QED) is 0.632. The minimum atomic E-state index is -0.268. The monoisotopic (exact) mass is 367 g/mol. The first-order valence-corrected chi connectivity index (χ1v) is 9.48. The van der Waals surface area contributed by atoms with Crippen LogP contribution in [-0.4, -0.2) is 38.7 Å². The van der Waals surface area contributed by atoms with E-state index in [4.69, 9.17) is 5.73 Å². The van der Waals surface area contributed by atoms with Crippen LogP contribution < -0.4 is 5.73 Å². The Morgan fingerprint density at radius 2 is 2.00 bits per heavy atom. The topological polar surface area (TPSA) is 69.1 Å². The van der Waals surface area contributed by atoms with E-state index in [1.807, 2.05) is 13.0 Å². The molecule has 0 saturated carbocycles. The standard InChI is InChI=1S/C21H29N5O/c1-16-13-17(2)26(23-16)11-6-10-24(3)14-18-15-25(12-9-21(22)27)20-8-5-4-7-19(18)20/h4-5,7-8,13,15H,6,9-12,14H2,1-3H3,(H2,22,27). The third-order valence-electron chi connectivity index (χ3n) is 4.92. The van der Waals surface area contributed by atoms with E-state index in [1.165, 1.54) is 16.6 Å². The van der Waals surface area contributed by atoms with Crippen LogP contribution in [0, 0.1) is 13.8 Å². The number of fused-ring (bicyclic) bond motifs is 1. The van der Waals surface area contributed by atoms with Gasteiger partial charge in [-0.05, 0) is 51.6 Å². The largest absolute Gasteiger partial charge is 0.370 e. The summed E-state index contributed by atoms with van der Waals surface area (Å²) in [6.45, 7) is 7.57. The van der Waals surface area contributed by atoms with Crippen molar-refractivity contribution >= 4 is 16.8 Å². The fourth-order valence-corrected chi connectivity index (χ4v) is 3.63. The Morgan fingerprint density at radius 1 is 1.22 bits per heavy atom. The SMILES string of the molecule is Cc1cc(C)n(CCCN(C)Cc2cn(CCC(N)=O)c3ccccc23)n1. The summed E-state index contributed by atoms with van der Waals surface area (Å²) in [5.41, 5.74) is 10.0. The van der Waals surface area contributed by atoms with Crippen molar-refractivity contribution in [3.8, 4) is 0 Å².